The van der Waals surface area contributed by atoms with Crippen molar-refractivity contribution >= 4 is 0 Å². The van der Waals surface area contributed by atoms with Crippen molar-refractivity contribution in [3.8, 4) is 0 Å². The van der Waals surface area contributed by atoms with E-state index in [2.05, 4.69) is 37.7 Å². The largest absolute Gasteiger partial charge is 0.308 e. The summed E-state index contributed by atoms with van der Waals surface area (Å²) in [5.41, 5.74) is 0. The fraction of sp³-hybridized carbons (Fsp3) is 1.00. The first-order chi connectivity index (χ1) is 7.59. The molecule has 2 fully saturated rings. The molecule has 1 saturated carbocycles. The monoisotopic (exact) mass is 224 g/mol. The molecule has 0 amide bonds. The number of likely N-dealkylation sites (tertiary alicyclic amines) is 1. The Morgan fingerprint density at radius 1 is 1.19 bits per heavy atom. The number of fused-ring (bicyclic) bond motifs is 1. The second kappa shape index (κ2) is 5.05. The Bertz CT molecular complexity index is 225. The van der Waals surface area contributed by atoms with Crippen LogP contribution in [0.2, 0.25) is 0 Å². The quantitative estimate of drug-likeness (QED) is 0.727. The molecule has 3 atom stereocenters. The van der Waals surface area contributed by atoms with Crippen LogP contribution in [0.5, 0.6) is 0 Å². The van der Waals surface area contributed by atoms with E-state index in [1.807, 2.05) is 0 Å². The molecule has 0 spiro atoms. The van der Waals surface area contributed by atoms with E-state index in [0.29, 0.717) is 0 Å². The van der Waals surface area contributed by atoms with E-state index in [-0.39, 0.29) is 0 Å². The number of rotatable bonds is 3. The molecule has 0 unspecified atom stereocenters. The van der Waals surface area contributed by atoms with Gasteiger partial charge in [0, 0.05) is 24.7 Å². The first-order valence-corrected chi connectivity index (χ1v) is 7.01. The van der Waals surface area contributed by atoms with Crippen molar-refractivity contribution in [1.29, 1.82) is 0 Å². The highest BCUT2D eigenvalue weighted by atomic mass is 15.3. The summed E-state index contributed by atoms with van der Waals surface area (Å²) in [5.74, 6) is 1.00. The van der Waals surface area contributed by atoms with Gasteiger partial charge in [-0.3, -0.25) is 4.90 Å². The molecule has 0 N–H and O–H groups in total. The van der Waals surface area contributed by atoms with Crippen LogP contribution in [0, 0.1) is 5.92 Å². The summed E-state index contributed by atoms with van der Waals surface area (Å²) >= 11 is 0. The lowest BCUT2D eigenvalue weighted by Gasteiger charge is -2.37. The molecule has 1 saturated heterocycles. The van der Waals surface area contributed by atoms with Gasteiger partial charge in [0.2, 0.25) is 0 Å². The van der Waals surface area contributed by atoms with Crippen molar-refractivity contribution < 1.29 is 0 Å². The number of hydrogen-bond donors (Lipinski definition) is 0. The number of nitrogens with zero attached hydrogens (tertiary/aromatic N) is 2. The average molecular weight is 224 g/mol. The molecule has 2 aliphatic rings. The van der Waals surface area contributed by atoms with Gasteiger partial charge in [-0.2, -0.15) is 0 Å². The maximum absolute atomic E-state index is 2.82. The van der Waals surface area contributed by atoms with E-state index in [1.165, 1.54) is 38.6 Å². The maximum Gasteiger partial charge on any atom is 0.0231 e. The topological polar surface area (TPSA) is 6.48 Å². The Morgan fingerprint density at radius 2 is 1.88 bits per heavy atom. The van der Waals surface area contributed by atoms with Crippen molar-refractivity contribution in [2.24, 2.45) is 5.92 Å². The summed E-state index contributed by atoms with van der Waals surface area (Å²) in [4.78, 5) is 5.18. The normalized spacial score (nSPS) is 36.0. The second-order valence-corrected chi connectivity index (χ2v) is 6.30. The minimum Gasteiger partial charge on any atom is -0.308 e. The average Bonchev–Trinajstić information content (AvgIpc) is 2.53. The predicted octanol–water partition coefficient (Wildman–Crippen LogP) is 2.59. The van der Waals surface area contributed by atoms with Crippen molar-refractivity contribution in [2.45, 2.75) is 64.1 Å². The lowest BCUT2D eigenvalue weighted by Crippen LogP contribution is -2.46. The maximum atomic E-state index is 2.82. The number of likely N-dealkylation sites (N-methyl/N-ethyl adjacent to an activating group) is 1. The highest BCUT2D eigenvalue weighted by Crippen LogP contribution is 2.40. The van der Waals surface area contributed by atoms with Crippen LogP contribution < -0.4 is 0 Å². The van der Waals surface area contributed by atoms with Gasteiger partial charge in [0.1, 0.15) is 0 Å². The highest BCUT2D eigenvalue weighted by Gasteiger charge is 2.42. The molecule has 1 aliphatic heterocycles. The van der Waals surface area contributed by atoms with Gasteiger partial charge >= 0.3 is 0 Å². The molecular formula is C14H28N2. The SMILES string of the molecule is CC(C)N1[C@H](CN(C)C)C[C@H]2CCCC[C@H]21. The zero-order valence-corrected chi connectivity index (χ0v) is 11.4. The Kier molecular flexibility index (Phi) is 3.91. The fourth-order valence-corrected chi connectivity index (χ4v) is 3.99. The van der Waals surface area contributed by atoms with Crippen LogP contribution >= 0.6 is 0 Å². The third-order valence-corrected chi connectivity index (χ3v) is 4.42. The minimum atomic E-state index is 0.720. The Hall–Kier alpha value is -0.0800. The summed E-state index contributed by atoms with van der Waals surface area (Å²) in [5, 5.41) is 0. The Morgan fingerprint density at radius 3 is 2.50 bits per heavy atom. The van der Waals surface area contributed by atoms with Crippen LogP contribution in [0.3, 0.4) is 0 Å². The van der Waals surface area contributed by atoms with Gasteiger partial charge in [-0.25, -0.2) is 0 Å². The van der Waals surface area contributed by atoms with Crippen LogP contribution in [0.4, 0.5) is 0 Å². The minimum absolute atomic E-state index is 0.720. The van der Waals surface area contributed by atoms with Crippen LogP contribution in [0.1, 0.15) is 46.0 Å². The van der Waals surface area contributed by atoms with Crippen LogP contribution in [0.25, 0.3) is 0 Å². The molecule has 0 aromatic heterocycles. The van der Waals surface area contributed by atoms with E-state index < -0.39 is 0 Å². The molecule has 2 heteroatoms. The summed E-state index contributed by atoms with van der Waals surface area (Å²) in [6, 6.07) is 2.43. The fourth-order valence-electron chi connectivity index (χ4n) is 3.99. The van der Waals surface area contributed by atoms with E-state index in [0.717, 1.165) is 24.0 Å². The molecule has 2 rings (SSSR count). The van der Waals surface area contributed by atoms with Crippen LogP contribution in [-0.2, 0) is 0 Å². The number of hydrogen-bond acceptors (Lipinski definition) is 2. The smallest absolute Gasteiger partial charge is 0.0231 e. The van der Waals surface area contributed by atoms with E-state index in [4.69, 9.17) is 0 Å². The standard InChI is InChI=1S/C14H28N2/c1-11(2)16-13(10-15(3)4)9-12-7-5-6-8-14(12)16/h11-14H,5-10H2,1-4H3/t12-,13+,14-/m1/s1. The van der Waals surface area contributed by atoms with Gasteiger partial charge in [-0.1, -0.05) is 12.8 Å². The van der Waals surface area contributed by atoms with Gasteiger partial charge in [-0.15, -0.1) is 0 Å². The van der Waals surface area contributed by atoms with Gasteiger partial charge in [0.25, 0.3) is 0 Å². The van der Waals surface area contributed by atoms with E-state index >= 15 is 0 Å². The first kappa shape index (κ1) is 12.4. The molecule has 1 aliphatic carbocycles. The van der Waals surface area contributed by atoms with Crippen LogP contribution in [-0.4, -0.2) is 48.6 Å². The third kappa shape index (κ3) is 2.43. The molecule has 0 bridgehead atoms. The summed E-state index contributed by atoms with van der Waals surface area (Å²) in [6.07, 6.45) is 7.31. The molecular weight excluding hydrogens is 196 g/mol. The van der Waals surface area contributed by atoms with Crippen LogP contribution in [0.15, 0.2) is 0 Å². The molecule has 0 aromatic carbocycles. The van der Waals surface area contributed by atoms with Crippen molar-refractivity contribution in [3.05, 3.63) is 0 Å². The molecule has 16 heavy (non-hydrogen) atoms. The van der Waals surface area contributed by atoms with Gasteiger partial charge in [0.15, 0.2) is 0 Å². The zero-order valence-electron chi connectivity index (χ0n) is 11.4. The van der Waals surface area contributed by atoms with Crippen molar-refractivity contribution in [2.75, 3.05) is 20.6 Å². The van der Waals surface area contributed by atoms with Gasteiger partial charge < -0.3 is 4.90 Å². The predicted molar refractivity (Wildman–Crippen MR) is 69.7 cm³/mol. The zero-order chi connectivity index (χ0) is 11.7. The second-order valence-electron chi connectivity index (χ2n) is 6.30. The van der Waals surface area contributed by atoms with Crippen molar-refractivity contribution in [3.63, 3.8) is 0 Å². The van der Waals surface area contributed by atoms with Gasteiger partial charge in [-0.05, 0) is 53.1 Å². The highest BCUT2D eigenvalue weighted by molar-refractivity contribution is 4.97. The Balaban J connectivity index is 2.07. The Labute approximate surface area is 101 Å². The lowest BCUT2D eigenvalue weighted by molar-refractivity contribution is 0.102. The van der Waals surface area contributed by atoms with E-state index in [9.17, 15) is 0 Å². The first-order valence-electron chi connectivity index (χ1n) is 7.01. The van der Waals surface area contributed by atoms with Crippen molar-refractivity contribution in [1.82, 2.24) is 9.80 Å². The summed E-state index contributed by atoms with van der Waals surface area (Å²) < 4.78 is 0. The molecule has 94 valence electrons. The lowest BCUT2D eigenvalue weighted by atomic mass is 9.84. The molecule has 0 aromatic rings. The third-order valence-electron chi connectivity index (χ3n) is 4.42. The van der Waals surface area contributed by atoms with Gasteiger partial charge in [0.05, 0.1) is 0 Å². The summed E-state index contributed by atoms with van der Waals surface area (Å²) in [6.45, 7) is 5.99. The van der Waals surface area contributed by atoms with E-state index in [1.54, 1.807) is 0 Å². The molecule has 1 heterocycles. The summed E-state index contributed by atoms with van der Waals surface area (Å²) in [7, 11) is 4.42. The molecule has 0 radical (unpaired) electrons. The molecule has 2 nitrogen and oxygen atoms in total.